The molecule has 0 aliphatic carbocycles. The van der Waals surface area contributed by atoms with E-state index < -0.39 is 47.8 Å². The first-order valence-corrected chi connectivity index (χ1v) is 7.89. The van der Waals surface area contributed by atoms with Crippen molar-refractivity contribution in [1.82, 2.24) is 0 Å². The lowest BCUT2D eigenvalue weighted by molar-refractivity contribution is -0.231. The zero-order valence-corrected chi connectivity index (χ0v) is 13.6. The molecule has 1 heterocycles. The molecule has 0 radical (unpaired) electrons. The highest BCUT2D eigenvalue weighted by molar-refractivity contribution is 7.99. The molecule has 0 unspecified atom stereocenters. The van der Waals surface area contributed by atoms with Gasteiger partial charge in [0.05, 0.1) is 0 Å². The molecule has 1 fully saturated rings. The van der Waals surface area contributed by atoms with Crippen LogP contribution in [-0.2, 0) is 33.3 Å². The lowest BCUT2D eigenvalue weighted by atomic mass is 9.99. The number of rotatable bonds is 5. The summed E-state index contributed by atoms with van der Waals surface area (Å²) in [5.41, 5.74) is -0.711. The first-order chi connectivity index (χ1) is 10.3. The summed E-state index contributed by atoms with van der Waals surface area (Å²) in [6.45, 7) is 3.41. The minimum Gasteiger partial charge on any atom is -0.463 e. The second-order valence-electron chi connectivity index (χ2n) is 4.72. The molecule has 9 heteroatoms. The number of esters is 3. The molecule has 1 aliphatic rings. The number of hydrogen-bond acceptors (Lipinski definition) is 9. The minimum atomic E-state index is -1.18. The van der Waals surface area contributed by atoms with Gasteiger partial charge < -0.3 is 24.1 Å². The van der Waals surface area contributed by atoms with Crippen LogP contribution >= 0.6 is 11.8 Å². The Kier molecular flexibility index (Phi) is 7.11. The van der Waals surface area contributed by atoms with Gasteiger partial charge in [0.15, 0.2) is 12.2 Å². The highest BCUT2D eigenvalue weighted by atomic mass is 32.2. The van der Waals surface area contributed by atoms with E-state index in [2.05, 4.69) is 0 Å². The van der Waals surface area contributed by atoms with Crippen molar-refractivity contribution < 1.29 is 38.4 Å². The van der Waals surface area contributed by atoms with Crippen LogP contribution in [0.25, 0.3) is 0 Å². The van der Waals surface area contributed by atoms with Crippen molar-refractivity contribution in [2.75, 3.05) is 12.9 Å². The highest BCUT2D eigenvalue weighted by Crippen LogP contribution is 2.31. The van der Waals surface area contributed by atoms with Crippen LogP contribution in [0.2, 0.25) is 0 Å². The van der Waals surface area contributed by atoms with Gasteiger partial charge in [0, 0.05) is 20.8 Å². The van der Waals surface area contributed by atoms with Crippen molar-refractivity contribution in [3.8, 4) is 0 Å². The van der Waals surface area contributed by atoms with Crippen LogP contribution in [0.4, 0.5) is 0 Å². The summed E-state index contributed by atoms with van der Waals surface area (Å²) in [5.74, 6) is -1.79. The van der Waals surface area contributed by atoms with Crippen molar-refractivity contribution in [3.63, 3.8) is 0 Å². The molecule has 1 N–H and O–H groups in total. The summed E-state index contributed by atoms with van der Waals surface area (Å²) in [5, 5.41) is 10.2. The van der Waals surface area contributed by atoms with E-state index in [4.69, 9.17) is 18.9 Å². The molecule has 1 aliphatic heterocycles. The average Bonchev–Trinajstić information content (AvgIpc) is 2.41. The molecule has 0 amide bonds. The quantitative estimate of drug-likeness (QED) is 0.542. The van der Waals surface area contributed by atoms with E-state index in [1.165, 1.54) is 32.5 Å². The van der Waals surface area contributed by atoms with Gasteiger partial charge in [0.2, 0.25) is 0 Å². The molecular formula is C13H20O8S. The molecule has 0 saturated carbocycles. The third-order valence-corrected chi connectivity index (χ3v) is 3.76. The molecule has 0 spiro atoms. The van der Waals surface area contributed by atoms with Crippen LogP contribution in [0.15, 0.2) is 0 Å². The van der Waals surface area contributed by atoms with Crippen LogP contribution in [0.3, 0.4) is 0 Å². The third kappa shape index (κ3) is 5.15. The van der Waals surface area contributed by atoms with Gasteiger partial charge in [-0.05, 0) is 6.26 Å². The molecule has 5 atom stereocenters. The third-order valence-electron chi connectivity index (χ3n) is 2.90. The van der Waals surface area contributed by atoms with E-state index in [-0.39, 0.29) is 6.61 Å². The van der Waals surface area contributed by atoms with Crippen molar-refractivity contribution in [3.05, 3.63) is 0 Å². The van der Waals surface area contributed by atoms with Crippen molar-refractivity contribution in [2.24, 2.45) is 0 Å². The summed E-state index contributed by atoms with van der Waals surface area (Å²) >= 11 is 1.20. The van der Waals surface area contributed by atoms with Crippen molar-refractivity contribution in [2.45, 2.75) is 50.6 Å². The van der Waals surface area contributed by atoms with Crippen molar-refractivity contribution in [1.29, 1.82) is 0 Å². The Morgan fingerprint density at radius 2 is 1.59 bits per heavy atom. The number of thioether (sulfide) groups is 1. The van der Waals surface area contributed by atoms with Crippen LogP contribution in [0.1, 0.15) is 20.8 Å². The Morgan fingerprint density at radius 1 is 1.05 bits per heavy atom. The molecule has 22 heavy (non-hydrogen) atoms. The van der Waals surface area contributed by atoms with Crippen molar-refractivity contribution >= 4 is 29.7 Å². The van der Waals surface area contributed by atoms with E-state index in [0.717, 1.165) is 0 Å². The summed E-state index contributed by atoms with van der Waals surface area (Å²) < 4.78 is 20.7. The van der Waals surface area contributed by atoms with Gasteiger partial charge in [-0.15, -0.1) is 11.8 Å². The average molecular weight is 336 g/mol. The zero-order valence-electron chi connectivity index (χ0n) is 12.8. The Morgan fingerprint density at radius 3 is 2.05 bits per heavy atom. The van der Waals surface area contributed by atoms with Crippen LogP contribution in [0, 0.1) is 0 Å². The van der Waals surface area contributed by atoms with Gasteiger partial charge in [-0.2, -0.15) is 0 Å². The van der Waals surface area contributed by atoms with Crippen LogP contribution in [0.5, 0.6) is 0 Å². The fraction of sp³-hybridized carbons (Fsp3) is 0.769. The smallest absolute Gasteiger partial charge is 0.303 e. The lowest BCUT2D eigenvalue weighted by Crippen LogP contribution is -2.60. The van der Waals surface area contributed by atoms with Crippen LogP contribution < -0.4 is 0 Å². The maximum Gasteiger partial charge on any atom is 0.303 e. The Labute approximate surface area is 132 Å². The maximum atomic E-state index is 11.3. The van der Waals surface area contributed by atoms with Gasteiger partial charge in [-0.3, -0.25) is 14.4 Å². The molecule has 0 aromatic carbocycles. The maximum absolute atomic E-state index is 11.3. The first kappa shape index (κ1) is 18.7. The van der Waals surface area contributed by atoms with E-state index in [9.17, 15) is 19.5 Å². The predicted molar refractivity (Wildman–Crippen MR) is 75.9 cm³/mol. The summed E-state index contributed by atoms with van der Waals surface area (Å²) in [4.78, 5) is 33.5. The minimum absolute atomic E-state index is 0.186. The van der Waals surface area contributed by atoms with Crippen LogP contribution in [-0.4, -0.2) is 65.7 Å². The summed E-state index contributed by atoms with van der Waals surface area (Å²) in [6, 6.07) is 0. The molecule has 126 valence electrons. The molecule has 8 nitrogen and oxygen atoms in total. The fourth-order valence-corrected chi connectivity index (χ4v) is 2.77. The monoisotopic (exact) mass is 336 g/mol. The van der Waals surface area contributed by atoms with E-state index in [1.807, 2.05) is 0 Å². The molecular weight excluding hydrogens is 316 g/mol. The van der Waals surface area contributed by atoms with Gasteiger partial charge in [0.1, 0.15) is 24.3 Å². The zero-order chi connectivity index (χ0) is 16.9. The molecule has 0 aromatic heterocycles. The molecule has 1 saturated heterocycles. The van der Waals surface area contributed by atoms with Gasteiger partial charge >= 0.3 is 17.9 Å². The normalized spacial score (nSPS) is 31.2. The number of hydrogen-bond donors (Lipinski definition) is 1. The second-order valence-corrected chi connectivity index (χ2v) is 5.66. The van der Waals surface area contributed by atoms with E-state index >= 15 is 0 Å². The Bertz CT molecular complexity index is 426. The number of aliphatic hydroxyl groups excluding tert-OH is 1. The number of aliphatic hydroxyl groups is 1. The van der Waals surface area contributed by atoms with E-state index in [1.54, 1.807) is 6.26 Å². The SMILES string of the molecule is CS[C@H]1O[C@H](COC(C)=O)[C@H](OC(C)=O)[C@H](OC(C)=O)[C@H]1O. The highest BCUT2D eigenvalue weighted by Gasteiger charge is 2.49. The molecule has 0 bridgehead atoms. The fourth-order valence-electron chi connectivity index (χ4n) is 2.08. The summed E-state index contributed by atoms with van der Waals surface area (Å²) in [7, 11) is 0. The summed E-state index contributed by atoms with van der Waals surface area (Å²) in [6.07, 6.45) is -2.50. The Hall–Kier alpha value is -1.32. The standard InChI is InChI=1S/C13H20O8S/c1-6(14)18-5-9-11(19-7(2)15)12(20-8(3)16)10(17)13(21-9)22-4/h9-13,17H,5H2,1-4H3/t9-,10-,11+,12-,13-/m1/s1. The lowest BCUT2D eigenvalue weighted by Gasteiger charge is -2.42. The predicted octanol–water partition coefficient (Wildman–Crippen LogP) is -0.138. The van der Waals surface area contributed by atoms with Gasteiger partial charge in [0.25, 0.3) is 0 Å². The number of carbonyl (C=O) groups is 3. The molecule has 0 aromatic rings. The van der Waals surface area contributed by atoms with Gasteiger partial charge in [-0.1, -0.05) is 0 Å². The van der Waals surface area contributed by atoms with Gasteiger partial charge in [-0.25, -0.2) is 0 Å². The topological polar surface area (TPSA) is 108 Å². The number of ether oxygens (including phenoxy) is 4. The number of carbonyl (C=O) groups excluding carboxylic acids is 3. The first-order valence-electron chi connectivity index (χ1n) is 6.60. The van der Waals surface area contributed by atoms with E-state index in [0.29, 0.717) is 0 Å². The molecule has 1 rings (SSSR count). The second kappa shape index (κ2) is 8.35. The Balaban J connectivity index is 3.00. The largest absolute Gasteiger partial charge is 0.463 e.